The number of likely N-dealkylation sites (N-methyl/N-ethyl adjacent to an activating group) is 1. The molecule has 0 aliphatic carbocycles. The van der Waals surface area contributed by atoms with Crippen molar-refractivity contribution in [2.24, 2.45) is 0 Å². The Morgan fingerprint density at radius 3 is 2.50 bits per heavy atom. The van der Waals surface area contributed by atoms with E-state index in [1.807, 2.05) is 6.92 Å². The van der Waals surface area contributed by atoms with Gasteiger partial charge in [-0.1, -0.05) is 0 Å². The lowest BCUT2D eigenvalue weighted by molar-refractivity contribution is 0.302. The number of hydrogen-bond acceptors (Lipinski definition) is 7. The molecule has 0 amide bonds. The summed E-state index contributed by atoms with van der Waals surface area (Å²) in [6.07, 6.45) is 0. The van der Waals surface area contributed by atoms with Crippen molar-refractivity contribution in [3.63, 3.8) is 0 Å². The van der Waals surface area contributed by atoms with E-state index in [4.69, 9.17) is 10.8 Å². The number of sulfonamides is 1. The van der Waals surface area contributed by atoms with Gasteiger partial charge in [-0.05, 0) is 18.5 Å². The van der Waals surface area contributed by atoms with Crippen LogP contribution in [-0.4, -0.2) is 56.0 Å². The van der Waals surface area contributed by atoms with Gasteiger partial charge in [-0.3, -0.25) is 0 Å². The van der Waals surface area contributed by atoms with Gasteiger partial charge in [0.05, 0.1) is 6.61 Å². The van der Waals surface area contributed by atoms with Crippen molar-refractivity contribution >= 4 is 32.4 Å². The van der Waals surface area contributed by atoms with Gasteiger partial charge in [0.15, 0.2) is 10.7 Å². The summed E-state index contributed by atoms with van der Waals surface area (Å²) in [6, 6.07) is 0. The maximum absolute atomic E-state index is 12.2. The van der Waals surface area contributed by atoms with E-state index in [1.54, 1.807) is 4.90 Å². The molecule has 0 saturated carbocycles. The van der Waals surface area contributed by atoms with Crippen molar-refractivity contribution in [1.29, 1.82) is 0 Å². The van der Waals surface area contributed by atoms with Crippen LogP contribution in [0.2, 0.25) is 0 Å². The molecule has 104 valence electrons. The summed E-state index contributed by atoms with van der Waals surface area (Å²) < 4.78 is 29.4. The van der Waals surface area contributed by atoms with Crippen LogP contribution >= 0.6 is 11.5 Å². The van der Waals surface area contributed by atoms with Crippen molar-refractivity contribution in [3.8, 4) is 0 Å². The number of aliphatic hydroxyl groups excluding tert-OH is 1. The Labute approximate surface area is 111 Å². The number of hydrogen-bond donors (Lipinski definition) is 2. The van der Waals surface area contributed by atoms with Crippen LogP contribution in [0.15, 0.2) is 4.90 Å². The second kappa shape index (κ2) is 5.83. The summed E-state index contributed by atoms with van der Waals surface area (Å²) in [5, 5.41) is 9.46. The Balaban J connectivity index is 3.33. The zero-order valence-corrected chi connectivity index (χ0v) is 12.3. The monoisotopic (exact) mass is 294 g/mol. The van der Waals surface area contributed by atoms with Crippen LogP contribution in [0, 0.1) is 0 Å². The van der Waals surface area contributed by atoms with Crippen LogP contribution < -0.4 is 10.6 Å². The Bertz CT molecular complexity index is 498. The van der Waals surface area contributed by atoms with Crippen LogP contribution in [-0.2, 0) is 10.0 Å². The van der Waals surface area contributed by atoms with Crippen LogP contribution in [0.5, 0.6) is 0 Å². The largest absolute Gasteiger partial charge is 0.395 e. The highest BCUT2D eigenvalue weighted by Gasteiger charge is 2.29. The smallest absolute Gasteiger partial charge is 0.249 e. The summed E-state index contributed by atoms with van der Waals surface area (Å²) in [5.41, 5.74) is 5.66. The maximum atomic E-state index is 12.2. The third-order valence-corrected chi connectivity index (χ3v) is 5.37. The first kappa shape index (κ1) is 15.2. The molecule has 18 heavy (non-hydrogen) atoms. The van der Waals surface area contributed by atoms with E-state index in [0.29, 0.717) is 18.1 Å². The van der Waals surface area contributed by atoms with E-state index in [9.17, 15) is 8.42 Å². The lowest BCUT2D eigenvalue weighted by Crippen LogP contribution is -2.29. The molecule has 3 N–H and O–H groups in total. The van der Waals surface area contributed by atoms with Crippen molar-refractivity contribution in [3.05, 3.63) is 0 Å². The van der Waals surface area contributed by atoms with E-state index in [0.717, 1.165) is 15.8 Å². The maximum Gasteiger partial charge on any atom is 0.249 e. The number of nitrogens with zero attached hydrogens (tertiary/aromatic N) is 3. The Kier molecular flexibility index (Phi) is 4.91. The third-order valence-electron chi connectivity index (χ3n) is 2.43. The zero-order valence-electron chi connectivity index (χ0n) is 10.6. The first-order chi connectivity index (χ1) is 8.36. The predicted octanol–water partition coefficient (Wildman–Crippen LogP) is -0.206. The van der Waals surface area contributed by atoms with Crippen molar-refractivity contribution < 1.29 is 13.5 Å². The standard InChI is InChI=1S/C9H18N4O3S2/c1-4-13(5-6-14)9-7(8(10)11-17-9)18(15,16)12(2)3/h14H,4-6H2,1-3H3,(H2,10,11). The third kappa shape index (κ3) is 2.74. The quantitative estimate of drug-likeness (QED) is 0.753. The predicted molar refractivity (Wildman–Crippen MR) is 72.4 cm³/mol. The molecule has 0 atom stereocenters. The Morgan fingerprint density at radius 2 is 2.06 bits per heavy atom. The van der Waals surface area contributed by atoms with E-state index in [2.05, 4.69) is 4.37 Å². The van der Waals surface area contributed by atoms with Gasteiger partial charge in [-0.15, -0.1) is 0 Å². The number of nitrogens with two attached hydrogens (primary N) is 1. The molecule has 7 nitrogen and oxygen atoms in total. The molecule has 9 heteroatoms. The summed E-state index contributed by atoms with van der Waals surface area (Å²) in [7, 11) is -0.749. The molecule has 0 saturated heterocycles. The van der Waals surface area contributed by atoms with Crippen molar-refractivity contribution in [2.75, 3.05) is 44.4 Å². The average molecular weight is 294 g/mol. The SMILES string of the molecule is CCN(CCO)c1snc(N)c1S(=O)(=O)N(C)C. The van der Waals surface area contributed by atoms with E-state index >= 15 is 0 Å². The van der Waals surface area contributed by atoms with E-state index in [-0.39, 0.29) is 17.3 Å². The molecule has 0 bridgehead atoms. The lowest BCUT2D eigenvalue weighted by Gasteiger charge is -2.22. The van der Waals surface area contributed by atoms with Crippen LogP contribution in [0.3, 0.4) is 0 Å². The Morgan fingerprint density at radius 1 is 1.44 bits per heavy atom. The van der Waals surface area contributed by atoms with Gasteiger partial charge in [-0.25, -0.2) is 12.7 Å². The van der Waals surface area contributed by atoms with Gasteiger partial charge in [-0.2, -0.15) is 4.37 Å². The van der Waals surface area contributed by atoms with Gasteiger partial charge in [0.2, 0.25) is 10.0 Å². The first-order valence-corrected chi connectivity index (χ1v) is 7.61. The minimum absolute atomic E-state index is 0.0000831. The topological polar surface area (TPSA) is 99.8 Å². The molecule has 1 rings (SSSR count). The lowest BCUT2D eigenvalue weighted by atomic mass is 10.5. The Hall–Kier alpha value is -0.900. The number of aliphatic hydroxyl groups is 1. The number of nitrogen functional groups attached to an aromatic ring is 1. The molecular formula is C9H18N4O3S2. The fourth-order valence-corrected chi connectivity index (χ4v) is 3.75. The van der Waals surface area contributed by atoms with Gasteiger partial charge >= 0.3 is 0 Å². The van der Waals surface area contributed by atoms with Crippen molar-refractivity contribution in [2.45, 2.75) is 11.8 Å². The van der Waals surface area contributed by atoms with Gasteiger partial charge in [0.25, 0.3) is 0 Å². The number of aromatic nitrogens is 1. The second-order valence-electron chi connectivity index (χ2n) is 3.79. The van der Waals surface area contributed by atoms with Crippen LogP contribution in [0.4, 0.5) is 10.8 Å². The second-order valence-corrected chi connectivity index (χ2v) is 6.63. The fourth-order valence-electron chi connectivity index (χ4n) is 1.44. The van der Waals surface area contributed by atoms with Gasteiger partial charge in [0.1, 0.15) is 5.00 Å². The van der Waals surface area contributed by atoms with Crippen LogP contribution in [0.25, 0.3) is 0 Å². The molecule has 0 aliphatic rings. The average Bonchev–Trinajstić information content (AvgIpc) is 2.68. The minimum Gasteiger partial charge on any atom is -0.395 e. The molecule has 0 radical (unpaired) electrons. The number of anilines is 2. The molecule has 0 spiro atoms. The first-order valence-electron chi connectivity index (χ1n) is 5.39. The molecule has 0 aromatic carbocycles. The normalized spacial score (nSPS) is 12.1. The molecule has 1 aromatic rings. The molecule has 1 aromatic heterocycles. The zero-order chi connectivity index (χ0) is 13.9. The van der Waals surface area contributed by atoms with E-state index in [1.165, 1.54) is 14.1 Å². The van der Waals surface area contributed by atoms with Gasteiger partial charge < -0.3 is 15.7 Å². The molecular weight excluding hydrogens is 276 g/mol. The highest BCUT2D eigenvalue weighted by molar-refractivity contribution is 7.89. The van der Waals surface area contributed by atoms with E-state index < -0.39 is 10.0 Å². The summed E-state index contributed by atoms with van der Waals surface area (Å²) in [4.78, 5) is 1.76. The molecule has 0 fully saturated rings. The summed E-state index contributed by atoms with van der Waals surface area (Å²) >= 11 is 1.03. The molecule has 0 unspecified atom stereocenters. The molecule has 1 heterocycles. The number of rotatable bonds is 6. The molecule has 0 aliphatic heterocycles. The van der Waals surface area contributed by atoms with Gasteiger partial charge in [0, 0.05) is 27.2 Å². The summed E-state index contributed by atoms with van der Waals surface area (Å²) in [6.45, 7) is 2.72. The van der Waals surface area contributed by atoms with Crippen molar-refractivity contribution in [1.82, 2.24) is 8.68 Å². The summed E-state index contributed by atoms with van der Waals surface area (Å²) in [5.74, 6) is 0.0000831. The fraction of sp³-hybridized carbons (Fsp3) is 0.667. The minimum atomic E-state index is -3.64. The highest BCUT2D eigenvalue weighted by Crippen LogP contribution is 2.35. The highest BCUT2D eigenvalue weighted by atomic mass is 32.2. The van der Waals surface area contributed by atoms with Crippen LogP contribution in [0.1, 0.15) is 6.92 Å².